The largest absolute Gasteiger partial charge is 0.375 e. The van der Waals surface area contributed by atoms with Gasteiger partial charge in [0.25, 0.3) is 0 Å². The summed E-state index contributed by atoms with van der Waals surface area (Å²) in [5.74, 6) is -0.583. The van der Waals surface area contributed by atoms with Crippen LogP contribution in [-0.4, -0.2) is 24.9 Å². The predicted molar refractivity (Wildman–Crippen MR) is 105 cm³/mol. The first-order chi connectivity index (χ1) is 11.9. The van der Waals surface area contributed by atoms with Gasteiger partial charge >= 0.3 is 0 Å². The Kier molecular flexibility index (Phi) is 6.84. The normalized spacial score (nSPS) is 10.2. The number of hydrogen-bond acceptors (Lipinski definition) is 3. The fourth-order valence-corrected chi connectivity index (χ4v) is 2.93. The molecule has 132 valence electrons. The van der Waals surface area contributed by atoms with Gasteiger partial charge in [0.1, 0.15) is 0 Å². The summed E-state index contributed by atoms with van der Waals surface area (Å²) in [7, 11) is 0. The molecule has 0 fully saturated rings. The zero-order chi connectivity index (χ0) is 18.4. The SMILES string of the molecule is Cc1ccc(NCC(=O)NCC(=O)Nc2cccc(Cl)c2C)c(Br)c1. The van der Waals surface area contributed by atoms with Crippen LogP contribution in [0.3, 0.4) is 0 Å². The summed E-state index contributed by atoms with van der Waals surface area (Å²) >= 11 is 9.45. The minimum Gasteiger partial charge on any atom is -0.375 e. The zero-order valence-corrected chi connectivity index (χ0v) is 16.3. The number of benzene rings is 2. The van der Waals surface area contributed by atoms with Crippen LogP contribution in [0.4, 0.5) is 11.4 Å². The second kappa shape index (κ2) is 8.87. The molecule has 0 heterocycles. The van der Waals surface area contributed by atoms with Crippen molar-refractivity contribution in [1.29, 1.82) is 0 Å². The molecule has 0 aliphatic rings. The molecule has 2 amide bonds. The number of halogens is 2. The molecule has 0 atom stereocenters. The monoisotopic (exact) mass is 423 g/mol. The molecule has 0 aromatic heterocycles. The van der Waals surface area contributed by atoms with Crippen LogP contribution in [-0.2, 0) is 9.59 Å². The topological polar surface area (TPSA) is 70.2 Å². The molecule has 0 saturated heterocycles. The molecule has 5 nitrogen and oxygen atoms in total. The minimum atomic E-state index is -0.310. The first kappa shape index (κ1) is 19.3. The number of nitrogens with one attached hydrogen (secondary N) is 3. The molecule has 0 radical (unpaired) electrons. The van der Waals surface area contributed by atoms with Gasteiger partial charge < -0.3 is 16.0 Å². The molecule has 0 aliphatic heterocycles. The number of hydrogen-bond donors (Lipinski definition) is 3. The van der Waals surface area contributed by atoms with Crippen molar-refractivity contribution >= 4 is 50.7 Å². The van der Waals surface area contributed by atoms with Gasteiger partial charge in [-0.15, -0.1) is 0 Å². The van der Waals surface area contributed by atoms with Crippen LogP contribution < -0.4 is 16.0 Å². The maximum Gasteiger partial charge on any atom is 0.243 e. The predicted octanol–water partition coefficient (Wildman–Crippen LogP) is 3.89. The van der Waals surface area contributed by atoms with Gasteiger partial charge in [-0.3, -0.25) is 9.59 Å². The third-order valence-electron chi connectivity index (χ3n) is 3.55. The molecule has 2 aromatic rings. The van der Waals surface area contributed by atoms with Crippen molar-refractivity contribution in [1.82, 2.24) is 5.32 Å². The second-order valence-electron chi connectivity index (χ2n) is 5.57. The average molecular weight is 425 g/mol. The van der Waals surface area contributed by atoms with Crippen molar-refractivity contribution in [3.8, 4) is 0 Å². The van der Waals surface area contributed by atoms with Crippen LogP contribution >= 0.6 is 27.5 Å². The fourth-order valence-electron chi connectivity index (χ4n) is 2.12. The van der Waals surface area contributed by atoms with E-state index in [1.165, 1.54) is 0 Å². The van der Waals surface area contributed by atoms with Crippen molar-refractivity contribution < 1.29 is 9.59 Å². The maximum absolute atomic E-state index is 11.9. The fraction of sp³-hybridized carbons (Fsp3) is 0.222. The Morgan fingerprint density at radius 3 is 2.52 bits per heavy atom. The number of amides is 2. The van der Waals surface area contributed by atoms with Crippen LogP contribution in [0.1, 0.15) is 11.1 Å². The van der Waals surface area contributed by atoms with Crippen molar-refractivity contribution in [3.05, 3.63) is 57.0 Å². The highest BCUT2D eigenvalue weighted by Gasteiger charge is 2.09. The molecule has 0 spiro atoms. The van der Waals surface area contributed by atoms with E-state index in [9.17, 15) is 9.59 Å². The molecule has 2 aromatic carbocycles. The van der Waals surface area contributed by atoms with Crippen LogP contribution in [0.25, 0.3) is 0 Å². The van der Waals surface area contributed by atoms with Gasteiger partial charge in [-0.05, 0) is 65.2 Å². The van der Waals surface area contributed by atoms with Gasteiger partial charge in [-0.1, -0.05) is 23.7 Å². The Morgan fingerprint density at radius 2 is 1.80 bits per heavy atom. The zero-order valence-electron chi connectivity index (χ0n) is 14.0. The molecule has 25 heavy (non-hydrogen) atoms. The quantitative estimate of drug-likeness (QED) is 0.659. The lowest BCUT2D eigenvalue weighted by atomic mass is 10.2. The first-order valence-corrected chi connectivity index (χ1v) is 8.85. The lowest BCUT2D eigenvalue weighted by Gasteiger charge is -2.11. The molecular weight excluding hydrogens is 406 g/mol. The van der Waals surface area contributed by atoms with E-state index in [1.807, 2.05) is 32.0 Å². The van der Waals surface area contributed by atoms with E-state index in [0.717, 1.165) is 21.3 Å². The Balaban J connectivity index is 1.79. The molecule has 0 saturated carbocycles. The highest BCUT2D eigenvalue weighted by Crippen LogP contribution is 2.23. The Bertz CT molecular complexity index is 796. The van der Waals surface area contributed by atoms with Crippen LogP contribution in [0.15, 0.2) is 40.9 Å². The van der Waals surface area contributed by atoms with E-state index in [1.54, 1.807) is 18.2 Å². The number of anilines is 2. The molecule has 0 aliphatic carbocycles. The number of rotatable bonds is 6. The van der Waals surface area contributed by atoms with Crippen LogP contribution in [0, 0.1) is 13.8 Å². The summed E-state index contributed by atoms with van der Waals surface area (Å²) < 4.78 is 0.884. The Hall–Kier alpha value is -2.05. The molecule has 0 unspecified atom stereocenters. The lowest BCUT2D eigenvalue weighted by Crippen LogP contribution is -2.36. The maximum atomic E-state index is 11.9. The summed E-state index contributed by atoms with van der Waals surface area (Å²) in [4.78, 5) is 23.8. The third-order valence-corrected chi connectivity index (χ3v) is 4.62. The summed E-state index contributed by atoms with van der Waals surface area (Å²) in [5, 5.41) is 8.91. The van der Waals surface area contributed by atoms with Gasteiger partial charge in [0, 0.05) is 20.9 Å². The molecule has 0 bridgehead atoms. The van der Waals surface area contributed by atoms with E-state index >= 15 is 0 Å². The second-order valence-corrected chi connectivity index (χ2v) is 6.84. The van der Waals surface area contributed by atoms with Crippen molar-refractivity contribution in [2.75, 3.05) is 23.7 Å². The third kappa shape index (κ3) is 5.76. The molecule has 7 heteroatoms. The van der Waals surface area contributed by atoms with E-state index in [4.69, 9.17) is 11.6 Å². The van der Waals surface area contributed by atoms with Gasteiger partial charge in [0.2, 0.25) is 11.8 Å². The highest BCUT2D eigenvalue weighted by molar-refractivity contribution is 9.10. The van der Waals surface area contributed by atoms with E-state index in [-0.39, 0.29) is 24.9 Å². The van der Waals surface area contributed by atoms with Crippen LogP contribution in [0.5, 0.6) is 0 Å². The first-order valence-electron chi connectivity index (χ1n) is 7.68. The van der Waals surface area contributed by atoms with Crippen molar-refractivity contribution in [3.63, 3.8) is 0 Å². The summed E-state index contributed by atoms with van der Waals surface area (Å²) in [6, 6.07) is 11.1. The van der Waals surface area contributed by atoms with E-state index < -0.39 is 0 Å². The number of carbonyl (C=O) groups is 2. The minimum absolute atomic E-state index is 0.0745. The summed E-state index contributed by atoms with van der Waals surface area (Å²) in [5.41, 5.74) is 3.36. The smallest absolute Gasteiger partial charge is 0.243 e. The van der Waals surface area contributed by atoms with E-state index in [0.29, 0.717) is 10.7 Å². The summed E-state index contributed by atoms with van der Waals surface area (Å²) in [6.07, 6.45) is 0. The van der Waals surface area contributed by atoms with Gasteiger partial charge in [0.15, 0.2) is 0 Å². The Labute approximate surface area is 160 Å². The Morgan fingerprint density at radius 1 is 1.04 bits per heavy atom. The number of aryl methyl sites for hydroxylation is 1. The van der Waals surface area contributed by atoms with Gasteiger partial charge in [-0.25, -0.2) is 0 Å². The molecule has 3 N–H and O–H groups in total. The number of carbonyl (C=O) groups excluding carboxylic acids is 2. The summed E-state index contributed by atoms with van der Waals surface area (Å²) in [6.45, 7) is 3.77. The van der Waals surface area contributed by atoms with Crippen molar-refractivity contribution in [2.45, 2.75) is 13.8 Å². The highest BCUT2D eigenvalue weighted by atomic mass is 79.9. The van der Waals surface area contributed by atoms with Crippen LogP contribution in [0.2, 0.25) is 5.02 Å². The van der Waals surface area contributed by atoms with Gasteiger partial charge in [0.05, 0.1) is 13.1 Å². The lowest BCUT2D eigenvalue weighted by molar-refractivity contribution is -0.122. The van der Waals surface area contributed by atoms with Crippen molar-refractivity contribution in [2.24, 2.45) is 0 Å². The average Bonchev–Trinajstić information content (AvgIpc) is 2.56. The molecule has 2 rings (SSSR count). The standard InChI is InChI=1S/C18H19BrClN3O2/c1-11-6-7-16(13(19)8-11)21-9-17(24)22-10-18(25)23-15-5-3-4-14(20)12(15)2/h3-8,21H,9-10H2,1-2H3,(H,22,24)(H,23,25). The van der Waals surface area contributed by atoms with E-state index in [2.05, 4.69) is 31.9 Å². The molecular formula is C18H19BrClN3O2. The van der Waals surface area contributed by atoms with Gasteiger partial charge in [-0.2, -0.15) is 0 Å².